The van der Waals surface area contributed by atoms with Gasteiger partial charge in [0.15, 0.2) is 5.78 Å². The first-order valence-electron chi connectivity index (χ1n) is 6.03. The summed E-state index contributed by atoms with van der Waals surface area (Å²) < 4.78 is 0.930. The number of nitrogens with zero attached hydrogens (tertiary/aromatic N) is 1. The topological polar surface area (TPSA) is 50.2 Å². The van der Waals surface area contributed by atoms with Crippen LogP contribution in [0.25, 0.3) is 10.9 Å². The number of para-hydroxylation sites is 1. The van der Waals surface area contributed by atoms with Crippen molar-refractivity contribution in [3.8, 4) is 5.75 Å². The Hall–Kier alpha value is -2.20. The predicted molar refractivity (Wildman–Crippen MR) is 81.0 cm³/mol. The Labute approximate surface area is 124 Å². The van der Waals surface area contributed by atoms with Crippen molar-refractivity contribution in [3.63, 3.8) is 0 Å². The Morgan fingerprint density at radius 1 is 1.10 bits per heavy atom. The molecule has 0 fully saturated rings. The van der Waals surface area contributed by atoms with Crippen LogP contribution in [-0.4, -0.2) is 15.9 Å². The van der Waals surface area contributed by atoms with E-state index in [0.29, 0.717) is 5.56 Å². The Morgan fingerprint density at radius 3 is 2.70 bits per heavy atom. The molecule has 3 aromatic rings. The maximum absolute atomic E-state index is 12.4. The van der Waals surface area contributed by atoms with Crippen LogP contribution in [0.3, 0.4) is 0 Å². The standard InChI is InChI=1S/C16H10BrNO2/c17-12-5-6-14-10(8-12)7-11(9-18-14)16(20)13-3-1-2-4-15(13)19/h1-9,19H. The van der Waals surface area contributed by atoms with Gasteiger partial charge in [0.1, 0.15) is 5.75 Å². The lowest BCUT2D eigenvalue weighted by molar-refractivity contribution is 0.103. The molecule has 0 spiro atoms. The van der Waals surface area contributed by atoms with Gasteiger partial charge in [-0.1, -0.05) is 28.1 Å². The van der Waals surface area contributed by atoms with E-state index in [1.807, 2.05) is 18.2 Å². The second-order valence-electron chi connectivity index (χ2n) is 4.41. The number of carbonyl (C=O) groups excluding carboxylic acids is 1. The zero-order valence-corrected chi connectivity index (χ0v) is 12.0. The molecule has 0 aliphatic heterocycles. The smallest absolute Gasteiger partial charge is 0.198 e. The van der Waals surface area contributed by atoms with Gasteiger partial charge in [0.05, 0.1) is 11.1 Å². The zero-order valence-electron chi connectivity index (χ0n) is 10.4. The lowest BCUT2D eigenvalue weighted by Crippen LogP contribution is -2.02. The van der Waals surface area contributed by atoms with Gasteiger partial charge in [-0.15, -0.1) is 0 Å². The third kappa shape index (κ3) is 2.30. The molecule has 3 rings (SSSR count). The number of ketones is 1. The van der Waals surface area contributed by atoms with Crippen molar-refractivity contribution >= 4 is 32.6 Å². The number of benzene rings is 2. The highest BCUT2D eigenvalue weighted by atomic mass is 79.9. The number of hydrogen-bond donors (Lipinski definition) is 1. The Kier molecular flexibility index (Phi) is 3.24. The highest BCUT2D eigenvalue weighted by Gasteiger charge is 2.13. The Balaban J connectivity index is 2.10. The van der Waals surface area contributed by atoms with Gasteiger partial charge in [-0.3, -0.25) is 9.78 Å². The minimum absolute atomic E-state index is 0.0214. The summed E-state index contributed by atoms with van der Waals surface area (Å²) in [7, 11) is 0. The van der Waals surface area contributed by atoms with Gasteiger partial charge < -0.3 is 5.11 Å². The van der Waals surface area contributed by atoms with E-state index >= 15 is 0 Å². The molecule has 0 aliphatic carbocycles. The summed E-state index contributed by atoms with van der Waals surface area (Å²) in [4.78, 5) is 16.7. The maximum atomic E-state index is 12.4. The Bertz CT molecular complexity index is 814. The van der Waals surface area contributed by atoms with Crippen molar-refractivity contribution in [2.45, 2.75) is 0 Å². The molecule has 3 nitrogen and oxygen atoms in total. The number of pyridine rings is 1. The van der Waals surface area contributed by atoms with E-state index in [1.54, 1.807) is 24.3 Å². The largest absolute Gasteiger partial charge is 0.507 e. The molecule has 0 saturated carbocycles. The summed E-state index contributed by atoms with van der Waals surface area (Å²) in [5.41, 5.74) is 1.56. The second kappa shape index (κ2) is 5.06. The molecule has 4 heteroatoms. The van der Waals surface area contributed by atoms with Crippen LogP contribution in [-0.2, 0) is 0 Å². The fourth-order valence-electron chi connectivity index (χ4n) is 2.05. The molecule has 0 amide bonds. The maximum Gasteiger partial charge on any atom is 0.198 e. The number of phenolic OH excluding ortho intramolecular Hbond substituents is 1. The molecule has 0 aliphatic rings. The number of hydrogen-bond acceptors (Lipinski definition) is 3. The average Bonchev–Trinajstić information content (AvgIpc) is 2.46. The lowest BCUT2D eigenvalue weighted by Gasteiger charge is -2.05. The van der Waals surface area contributed by atoms with Gasteiger partial charge in [0, 0.05) is 21.6 Å². The highest BCUT2D eigenvalue weighted by molar-refractivity contribution is 9.10. The molecule has 0 atom stereocenters. The molecule has 0 saturated heterocycles. The van der Waals surface area contributed by atoms with Gasteiger partial charge in [-0.25, -0.2) is 0 Å². The molecule has 1 heterocycles. The van der Waals surface area contributed by atoms with Crippen LogP contribution in [0.4, 0.5) is 0 Å². The number of fused-ring (bicyclic) bond motifs is 1. The highest BCUT2D eigenvalue weighted by Crippen LogP contribution is 2.23. The number of carbonyl (C=O) groups is 1. The molecule has 0 unspecified atom stereocenters. The summed E-state index contributed by atoms with van der Waals surface area (Å²) in [6, 6.07) is 14.0. The third-order valence-corrected chi connectivity index (χ3v) is 3.55. The monoisotopic (exact) mass is 327 g/mol. The van der Waals surface area contributed by atoms with Gasteiger partial charge >= 0.3 is 0 Å². The van der Waals surface area contributed by atoms with E-state index in [4.69, 9.17) is 0 Å². The quantitative estimate of drug-likeness (QED) is 0.725. The Morgan fingerprint density at radius 2 is 1.90 bits per heavy atom. The normalized spacial score (nSPS) is 10.7. The van der Waals surface area contributed by atoms with E-state index in [2.05, 4.69) is 20.9 Å². The van der Waals surface area contributed by atoms with Crippen molar-refractivity contribution in [3.05, 3.63) is 70.3 Å². The second-order valence-corrected chi connectivity index (χ2v) is 5.32. The molecule has 2 aromatic carbocycles. The van der Waals surface area contributed by atoms with Crippen molar-refractivity contribution in [2.75, 3.05) is 0 Å². The fourth-order valence-corrected chi connectivity index (χ4v) is 2.43. The van der Waals surface area contributed by atoms with E-state index in [-0.39, 0.29) is 17.1 Å². The zero-order chi connectivity index (χ0) is 14.1. The van der Waals surface area contributed by atoms with Crippen LogP contribution in [0.1, 0.15) is 15.9 Å². The number of aromatic hydroxyl groups is 1. The van der Waals surface area contributed by atoms with Gasteiger partial charge in [-0.05, 0) is 36.4 Å². The summed E-state index contributed by atoms with van der Waals surface area (Å²) in [6.07, 6.45) is 1.53. The summed E-state index contributed by atoms with van der Waals surface area (Å²) >= 11 is 3.40. The van der Waals surface area contributed by atoms with Gasteiger partial charge in [0.25, 0.3) is 0 Å². The summed E-state index contributed by atoms with van der Waals surface area (Å²) in [5.74, 6) is -0.260. The molecular formula is C16H10BrNO2. The predicted octanol–water partition coefficient (Wildman–Crippen LogP) is 3.93. The van der Waals surface area contributed by atoms with E-state index in [0.717, 1.165) is 15.4 Å². The van der Waals surface area contributed by atoms with E-state index in [9.17, 15) is 9.90 Å². The summed E-state index contributed by atoms with van der Waals surface area (Å²) in [6.45, 7) is 0. The minimum atomic E-state index is -0.238. The molecule has 0 bridgehead atoms. The fraction of sp³-hybridized carbons (Fsp3) is 0. The lowest BCUT2D eigenvalue weighted by atomic mass is 10.0. The summed E-state index contributed by atoms with van der Waals surface area (Å²) in [5, 5.41) is 10.6. The minimum Gasteiger partial charge on any atom is -0.507 e. The average molecular weight is 328 g/mol. The van der Waals surface area contributed by atoms with Crippen LogP contribution in [0.5, 0.6) is 5.75 Å². The first-order valence-corrected chi connectivity index (χ1v) is 6.82. The number of rotatable bonds is 2. The van der Waals surface area contributed by atoms with Crippen molar-refractivity contribution < 1.29 is 9.90 Å². The van der Waals surface area contributed by atoms with Gasteiger partial charge in [0.2, 0.25) is 0 Å². The number of aromatic nitrogens is 1. The SMILES string of the molecule is O=C(c1cnc2ccc(Br)cc2c1)c1ccccc1O. The molecule has 98 valence electrons. The molecule has 20 heavy (non-hydrogen) atoms. The van der Waals surface area contributed by atoms with Crippen molar-refractivity contribution in [1.82, 2.24) is 4.98 Å². The van der Waals surface area contributed by atoms with Crippen LogP contribution in [0.15, 0.2) is 59.2 Å². The van der Waals surface area contributed by atoms with Gasteiger partial charge in [-0.2, -0.15) is 0 Å². The number of halogens is 1. The third-order valence-electron chi connectivity index (χ3n) is 3.05. The van der Waals surface area contributed by atoms with Crippen LogP contribution < -0.4 is 0 Å². The van der Waals surface area contributed by atoms with Crippen LogP contribution >= 0.6 is 15.9 Å². The first-order chi connectivity index (χ1) is 9.65. The van der Waals surface area contributed by atoms with E-state index in [1.165, 1.54) is 12.3 Å². The van der Waals surface area contributed by atoms with E-state index < -0.39 is 0 Å². The van der Waals surface area contributed by atoms with Crippen LogP contribution in [0.2, 0.25) is 0 Å². The first kappa shape index (κ1) is 12.8. The van der Waals surface area contributed by atoms with Crippen LogP contribution in [0, 0.1) is 0 Å². The number of phenols is 1. The van der Waals surface area contributed by atoms with Crippen molar-refractivity contribution in [1.29, 1.82) is 0 Å². The molecule has 0 radical (unpaired) electrons. The molecule has 1 N–H and O–H groups in total. The molecule has 1 aromatic heterocycles. The molecular weight excluding hydrogens is 318 g/mol. The van der Waals surface area contributed by atoms with Crippen molar-refractivity contribution in [2.24, 2.45) is 0 Å².